The Morgan fingerprint density at radius 3 is 2.57 bits per heavy atom. The van der Waals surface area contributed by atoms with Gasteiger partial charge in [0.25, 0.3) is 5.91 Å². The van der Waals surface area contributed by atoms with E-state index in [0.717, 1.165) is 31.4 Å². The molecule has 1 atom stereocenters. The van der Waals surface area contributed by atoms with Crippen LogP contribution in [-0.4, -0.2) is 23.9 Å². The molecule has 0 aromatic heterocycles. The lowest BCUT2D eigenvalue weighted by molar-refractivity contribution is 0.0754. The van der Waals surface area contributed by atoms with Gasteiger partial charge < -0.3 is 4.90 Å². The van der Waals surface area contributed by atoms with Crippen molar-refractivity contribution < 1.29 is 9.18 Å². The molecular formula is C19H19ClFNO. The topological polar surface area (TPSA) is 20.3 Å². The van der Waals surface area contributed by atoms with Gasteiger partial charge in [0.1, 0.15) is 5.82 Å². The minimum atomic E-state index is -0.230. The van der Waals surface area contributed by atoms with Gasteiger partial charge in [-0.15, -0.1) is 0 Å². The van der Waals surface area contributed by atoms with Crippen LogP contribution >= 0.6 is 11.6 Å². The Morgan fingerprint density at radius 1 is 1.09 bits per heavy atom. The Hall–Kier alpha value is -1.87. The SMILES string of the molecule is O=C(c1ccccc1Cl)N1CCCCC(c2ccc(F)cc2)C1. The largest absolute Gasteiger partial charge is 0.338 e. The third-order valence-corrected chi connectivity index (χ3v) is 4.73. The van der Waals surface area contributed by atoms with E-state index in [1.165, 1.54) is 12.1 Å². The molecule has 0 radical (unpaired) electrons. The molecule has 2 aromatic rings. The maximum absolute atomic E-state index is 13.1. The molecule has 0 aliphatic carbocycles. The maximum atomic E-state index is 13.1. The van der Waals surface area contributed by atoms with Gasteiger partial charge in [-0.3, -0.25) is 4.79 Å². The van der Waals surface area contributed by atoms with Crippen LogP contribution in [0.4, 0.5) is 4.39 Å². The van der Waals surface area contributed by atoms with Crippen molar-refractivity contribution in [1.29, 1.82) is 0 Å². The summed E-state index contributed by atoms with van der Waals surface area (Å²) >= 11 is 6.16. The van der Waals surface area contributed by atoms with Gasteiger partial charge in [0.2, 0.25) is 0 Å². The molecule has 4 heteroatoms. The van der Waals surface area contributed by atoms with E-state index in [1.807, 2.05) is 29.2 Å². The highest BCUT2D eigenvalue weighted by atomic mass is 35.5. The molecule has 0 saturated carbocycles. The summed E-state index contributed by atoms with van der Waals surface area (Å²) in [5, 5.41) is 0.486. The highest BCUT2D eigenvalue weighted by Crippen LogP contribution is 2.28. The number of carbonyl (C=O) groups is 1. The highest BCUT2D eigenvalue weighted by molar-refractivity contribution is 6.33. The van der Waals surface area contributed by atoms with E-state index in [1.54, 1.807) is 12.1 Å². The van der Waals surface area contributed by atoms with Crippen molar-refractivity contribution in [1.82, 2.24) is 4.90 Å². The van der Waals surface area contributed by atoms with Crippen LogP contribution in [0.1, 0.15) is 41.1 Å². The lowest BCUT2D eigenvalue weighted by Crippen LogP contribution is -2.34. The fraction of sp³-hybridized carbons (Fsp3) is 0.316. The molecule has 0 bridgehead atoms. The molecule has 1 aliphatic heterocycles. The summed E-state index contributed by atoms with van der Waals surface area (Å²) in [5.74, 6) is -0.0134. The lowest BCUT2D eigenvalue weighted by Gasteiger charge is -2.25. The van der Waals surface area contributed by atoms with Gasteiger partial charge in [-0.05, 0) is 42.7 Å². The highest BCUT2D eigenvalue weighted by Gasteiger charge is 2.25. The minimum Gasteiger partial charge on any atom is -0.338 e. The lowest BCUT2D eigenvalue weighted by atomic mass is 9.94. The van der Waals surface area contributed by atoms with Gasteiger partial charge in [-0.2, -0.15) is 0 Å². The first-order chi connectivity index (χ1) is 11.1. The molecule has 1 unspecified atom stereocenters. The second kappa shape index (κ2) is 7.14. The van der Waals surface area contributed by atoms with Crippen LogP contribution in [0, 0.1) is 5.82 Å². The van der Waals surface area contributed by atoms with Crippen LogP contribution in [0.2, 0.25) is 5.02 Å². The molecule has 1 fully saturated rings. The van der Waals surface area contributed by atoms with E-state index in [-0.39, 0.29) is 17.6 Å². The molecule has 120 valence electrons. The fourth-order valence-electron chi connectivity index (χ4n) is 3.14. The zero-order chi connectivity index (χ0) is 16.2. The van der Waals surface area contributed by atoms with Gasteiger partial charge in [-0.25, -0.2) is 4.39 Å². The van der Waals surface area contributed by atoms with Crippen molar-refractivity contribution in [3.05, 3.63) is 70.5 Å². The number of hydrogen-bond acceptors (Lipinski definition) is 1. The van der Waals surface area contributed by atoms with Gasteiger partial charge in [0.15, 0.2) is 0 Å². The average Bonchev–Trinajstić information content (AvgIpc) is 2.81. The van der Waals surface area contributed by atoms with Crippen LogP contribution in [0.25, 0.3) is 0 Å². The second-order valence-electron chi connectivity index (χ2n) is 5.98. The molecule has 2 aromatic carbocycles. The average molecular weight is 332 g/mol. The Labute approximate surface area is 140 Å². The minimum absolute atomic E-state index is 0.0235. The van der Waals surface area contributed by atoms with Crippen LogP contribution in [0.15, 0.2) is 48.5 Å². The van der Waals surface area contributed by atoms with Crippen molar-refractivity contribution in [2.24, 2.45) is 0 Å². The first-order valence-corrected chi connectivity index (χ1v) is 8.32. The van der Waals surface area contributed by atoms with Crippen LogP contribution in [-0.2, 0) is 0 Å². The summed E-state index contributed by atoms with van der Waals surface area (Å²) in [4.78, 5) is 14.7. The smallest absolute Gasteiger partial charge is 0.255 e. The summed E-state index contributed by atoms with van der Waals surface area (Å²) in [6.07, 6.45) is 3.06. The van der Waals surface area contributed by atoms with E-state index < -0.39 is 0 Å². The molecule has 1 saturated heterocycles. The van der Waals surface area contributed by atoms with Crippen molar-refractivity contribution in [2.45, 2.75) is 25.2 Å². The first-order valence-electron chi connectivity index (χ1n) is 7.94. The van der Waals surface area contributed by atoms with E-state index in [4.69, 9.17) is 11.6 Å². The van der Waals surface area contributed by atoms with E-state index in [0.29, 0.717) is 17.1 Å². The summed E-state index contributed by atoms with van der Waals surface area (Å²) in [6, 6.07) is 13.8. The number of rotatable bonds is 2. The molecule has 0 spiro atoms. The Bertz CT molecular complexity index is 686. The molecule has 0 N–H and O–H groups in total. The summed E-state index contributed by atoms with van der Waals surface area (Å²) in [6.45, 7) is 1.39. The Morgan fingerprint density at radius 2 is 1.83 bits per heavy atom. The zero-order valence-corrected chi connectivity index (χ0v) is 13.6. The summed E-state index contributed by atoms with van der Waals surface area (Å²) in [5.41, 5.74) is 1.64. The predicted octanol–water partition coefficient (Wildman–Crippen LogP) is 4.89. The first kappa shape index (κ1) is 16.0. The number of amides is 1. The third-order valence-electron chi connectivity index (χ3n) is 4.40. The fourth-order valence-corrected chi connectivity index (χ4v) is 3.36. The second-order valence-corrected chi connectivity index (χ2v) is 6.38. The van der Waals surface area contributed by atoms with Crippen molar-refractivity contribution in [2.75, 3.05) is 13.1 Å². The van der Waals surface area contributed by atoms with Crippen LogP contribution in [0.5, 0.6) is 0 Å². The molecule has 23 heavy (non-hydrogen) atoms. The maximum Gasteiger partial charge on any atom is 0.255 e. The molecule has 2 nitrogen and oxygen atoms in total. The number of hydrogen-bond donors (Lipinski definition) is 0. The number of nitrogens with zero attached hydrogens (tertiary/aromatic N) is 1. The van der Waals surface area contributed by atoms with Crippen LogP contribution < -0.4 is 0 Å². The number of benzene rings is 2. The normalized spacial score (nSPS) is 18.5. The van der Waals surface area contributed by atoms with Crippen molar-refractivity contribution >= 4 is 17.5 Å². The van der Waals surface area contributed by atoms with E-state index >= 15 is 0 Å². The van der Waals surface area contributed by atoms with E-state index in [9.17, 15) is 9.18 Å². The molecule has 1 amide bonds. The third kappa shape index (κ3) is 3.73. The number of carbonyl (C=O) groups excluding carboxylic acids is 1. The Balaban J connectivity index is 1.81. The quantitative estimate of drug-likeness (QED) is 0.767. The summed E-state index contributed by atoms with van der Waals surface area (Å²) < 4.78 is 13.1. The van der Waals surface area contributed by atoms with Crippen molar-refractivity contribution in [3.63, 3.8) is 0 Å². The standard InChI is InChI=1S/C19H19ClFNO/c20-18-7-2-1-6-17(18)19(23)22-12-4-3-5-15(13-22)14-8-10-16(21)11-9-14/h1-2,6-11,15H,3-5,12-13H2. The van der Waals surface area contributed by atoms with Crippen LogP contribution in [0.3, 0.4) is 0 Å². The molecule has 3 rings (SSSR count). The number of likely N-dealkylation sites (tertiary alicyclic amines) is 1. The number of halogens is 2. The molecular weight excluding hydrogens is 313 g/mol. The molecule has 1 heterocycles. The van der Waals surface area contributed by atoms with Crippen molar-refractivity contribution in [3.8, 4) is 0 Å². The molecule has 1 aliphatic rings. The predicted molar refractivity (Wildman–Crippen MR) is 90.3 cm³/mol. The van der Waals surface area contributed by atoms with E-state index in [2.05, 4.69) is 0 Å². The Kier molecular flexibility index (Phi) is 4.97. The van der Waals surface area contributed by atoms with Gasteiger partial charge in [-0.1, -0.05) is 42.3 Å². The van der Waals surface area contributed by atoms with Gasteiger partial charge in [0, 0.05) is 19.0 Å². The summed E-state index contributed by atoms with van der Waals surface area (Å²) in [7, 11) is 0. The van der Waals surface area contributed by atoms with Gasteiger partial charge >= 0.3 is 0 Å². The van der Waals surface area contributed by atoms with Gasteiger partial charge in [0.05, 0.1) is 10.6 Å². The zero-order valence-electron chi connectivity index (χ0n) is 12.8. The monoisotopic (exact) mass is 331 g/mol.